The Morgan fingerprint density at radius 3 is 2.81 bits per heavy atom. The van der Waals surface area contributed by atoms with Crippen molar-refractivity contribution < 1.29 is 4.79 Å². The molecule has 1 aromatic carbocycles. The number of pyridine rings is 1. The van der Waals surface area contributed by atoms with Crippen LogP contribution in [0.2, 0.25) is 5.15 Å². The molecule has 2 N–H and O–H groups in total. The van der Waals surface area contributed by atoms with Gasteiger partial charge in [-0.3, -0.25) is 4.79 Å². The molecule has 106 valence electrons. The Labute approximate surface area is 127 Å². The van der Waals surface area contributed by atoms with Crippen molar-refractivity contribution >= 4 is 34.1 Å². The number of benzene rings is 1. The monoisotopic (exact) mass is 299 g/mol. The van der Waals surface area contributed by atoms with Crippen LogP contribution in [0.5, 0.6) is 0 Å². The average molecular weight is 300 g/mol. The lowest BCUT2D eigenvalue weighted by atomic mass is 10.1. The number of halogens is 1. The molecule has 0 radical (unpaired) electrons. The predicted octanol–water partition coefficient (Wildman–Crippen LogP) is 4.09. The lowest BCUT2D eigenvalue weighted by Crippen LogP contribution is -2.11. The second-order valence-corrected chi connectivity index (χ2v) is 5.34. The molecule has 2 aromatic heterocycles. The van der Waals surface area contributed by atoms with Gasteiger partial charge >= 0.3 is 0 Å². The molecule has 0 saturated carbocycles. The van der Waals surface area contributed by atoms with Crippen LogP contribution in [0, 0.1) is 13.8 Å². The summed E-state index contributed by atoms with van der Waals surface area (Å²) in [7, 11) is 0. The first-order valence-electron chi connectivity index (χ1n) is 6.56. The summed E-state index contributed by atoms with van der Waals surface area (Å²) in [6, 6.07) is 8.93. The number of aryl methyl sites for hydroxylation is 2. The zero-order valence-corrected chi connectivity index (χ0v) is 12.5. The van der Waals surface area contributed by atoms with Crippen LogP contribution in [0.25, 0.3) is 10.9 Å². The number of carbonyl (C=O) groups excluding carboxylic acids is 1. The molecular weight excluding hydrogens is 286 g/mol. The molecule has 21 heavy (non-hydrogen) atoms. The average Bonchev–Trinajstić information content (AvgIpc) is 2.74. The van der Waals surface area contributed by atoms with Crippen LogP contribution in [-0.2, 0) is 0 Å². The quantitative estimate of drug-likeness (QED) is 0.700. The minimum atomic E-state index is -0.169. The molecule has 0 atom stereocenters. The summed E-state index contributed by atoms with van der Waals surface area (Å²) in [6.07, 6.45) is 1.56. The zero-order valence-electron chi connectivity index (χ0n) is 11.7. The molecule has 0 saturated heterocycles. The molecule has 0 aliphatic heterocycles. The van der Waals surface area contributed by atoms with Crippen LogP contribution >= 0.6 is 11.6 Å². The third-order valence-corrected chi connectivity index (χ3v) is 3.76. The van der Waals surface area contributed by atoms with Gasteiger partial charge in [-0.1, -0.05) is 11.6 Å². The number of amides is 1. The summed E-state index contributed by atoms with van der Waals surface area (Å²) in [4.78, 5) is 19.5. The second kappa shape index (κ2) is 5.22. The summed E-state index contributed by atoms with van der Waals surface area (Å²) in [5, 5.41) is 4.23. The van der Waals surface area contributed by atoms with Gasteiger partial charge in [0, 0.05) is 34.0 Å². The number of carbonyl (C=O) groups is 1. The smallest absolute Gasteiger partial charge is 0.255 e. The first-order chi connectivity index (χ1) is 10.0. The molecule has 0 spiro atoms. The van der Waals surface area contributed by atoms with E-state index in [9.17, 15) is 4.79 Å². The Morgan fingerprint density at radius 1 is 1.24 bits per heavy atom. The number of hydrogen-bond acceptors (Lipinski definition) is 2. The Morgan fingerprint density at radius 2 is 2.05 bits per heavy atom. The first-order valence-corrected chi connectivity index (χ1v) is 6.94. The molecule has 0 bridgehead atoms. The van der Waals surface area contributed by atoms with E-state index in [1.54, 1.807) is 24.4 Å². The van der Waals surface area contributed by atoms with E-state index < -0.39 is 0 Å². The highest BCUT2D eigenvalue weighted by atomic mass is 35.5. The summed E-state index contributed by atoms with van der Waals surface area (Å²) < 4.78 is 0. The van der Waals surface area contributed by atoms with Gasteiger partial charge in [-0.25, -0.2) is 4.98 Å². The largest absolute Gasteiger partial charge is 0.358 e. The maximum atomic E-state index is 12.3. The van der Waals surface area contributed by atoms with Crippen molar-refractivity contribution in [2.45, 2.75) is 13.8 Å². The van der Waals surface area contributed by atoms with E-state index in [-0.39, 0.29) is 5.91 Å². The second-order valence-electron chi connectivity index (χ2n) is 4.96. The number of H-pyrrole nitrogens is 1. The summed E-state index contributed by atoms with van der Waals surface area (Å²) in [5.41, 5.74) is 4.54. The van der Waals surface area contributed by atoms with Gasteiger partial charge in [-0.2, -0.15) is 0 Å². The van der Waals surface area contributed by atoms with E-state index in [2.05, 4.69) is 15.3 Å². The predicted molar refractivity (Wildman–Crippen MR) is 85.0 cm³/mol. The highest BCUT2D eigenvalue weighted by Crippen LogP contribution is 2.23. The zero-order chi connectivity index (χ0) is 15.0. The van der Waals surface area contributed by atoms with Crippen LogP contribution in [0.15, 0.2) is 36.5 Å². The first kappa shape index (κ1) is 13.6. The molecule has 0 aliphatic carbocycles. The van der Waals surface area contributed by atoms with Crippen LogP contribution < -0.4 is 5.32 Å². The SMILES string of the molecule is Cc1[nH]c2ccc(C(=O)Nc3ccnc(Cl)c3)cc2c1C. The number of aromatic amines is 1. The van der Waals surface area contributed by atoms with E-state index >= 15 is 0 Å². The Balaban J connectivity index is 1.92. The van der Waals surface area contributed by atoms with Gasteiger partial charge in [-0.15, -0.1) is 0 Å². The number of anilines is 1. The number of fused-ring (bicyclic) bond motifs is 1. The number of nitrogens with one attached hydrogen (secondary N) is 2. The minimum Gasteiger partial charge on any atom is -0.358 e. The molecular formula is C16H14ClN3O. The summed E-state index contributed by atoms with van der Waals surface area (Å²) in [6.45, 7) is 4.06. The maximum Gasteiger partial charge on any atom is 0.255 e. The topological polar surface area (TPSA) is 57.8 Å². The minimum absolute atomic E-state index is 0.169. The van der Waals surface area contributed by atoms with E-state index in [1.807, 2.05) is 26.0 Å². The van der Waals surface area contributed by atoms with Crippen molar-refractivity contribution in [2.75, 3.05) is 5.32 Å². The third kappa shape index (κ3) is 2.62. The van der Waals surface area contributed by atoms with Gasteiger partial charge in [0.05, 0.1) is 0 Å². The normalized spacial score (nSPS) is 10.8. The van der Waals surface area contributed by atoms with Gasteiger partial charge < -0.3 is 10.3 Å². The van der Waals surface area contributed by atoms with Crippen molar-refractivity contribution in [3.05, 3.63) is 58.5 Å². The Kier molecular flexibility index (Phi) is 3.39. The van der Waals surface area contributed by atoms with Gasteiger partial charge in [0.2, 0.25) is 0 Å². The molecule has 2 heterocycles. The molecule has 5 heteroatoms. The van der Waals surface area contributed by atoms with E-state index in [1.165, 1.54) is 0 Å². The van der Waals surface area contributed by atoms with Crippen molar-refractivity contribution in [1.29, 1.82) is 0 Å². The molecule has 1 amide bonds. The van der Waals surface area contributed by atoms with Gasteiger partial charge in [0.1, 0.15) is 5.15 Å². The molecule has 3 rings (SSSR count). The molecule has 0 fully saturated rings. The summed E-state index contributed by atoms with van der Waals surface area (Å²) in [5.74, 6) is -0.169. The maximum absolute atomic E-state index is 12.3. The van der Waals surface area contributed by atoms with Gasteiger partial charge in [-0.05, 0) is 49.7 Å². The fourth-order valence-electron chi connectivity index (χ4n) is 2.29. The Bertz CT molecular complexity index is 839. The van der Waals surface area contributed by atoms with E-state index in [0.29, 0.717) is 16.4 Å². The molecule has 0 aliphatic rings. The van der Waals surface area contributed by atoms with Crippen LogP contribution in [0.1, 0.15) is 21.6 Å². The van der Waals surface area contributed by atoms with Crippen LogP contribution in [0.4, 0.5) is 5.69 Å². The molecule has 4 nitrogen and oxygen atoms in total. The van der Waals surface area contributed by atoms with E-state index in [0.717, 1.165) is 22.2 Å². The number of aromatic nitrogens is 2. The van der Waals surface area contributed by atoms with Crippen molar-refractivity contribution in [2.24, 2.45) is 0 Å². The fraction of sp³-hybridized carbons (Fsp3) is 0.125. The fourth-order valence-corrected chi connectivity index (χ4v) is 2.46. The van der Waals surface area contributed by atoms with Crippen molar-refractivity contribution in [3.8, 4) is 0 Å². The number of hydrogen-bond donors (Lipinski definition) is 2. The van der Waals surface area contributed by atoms with E-state index in [4.69, 9.17) is 11.6 Å². The standard InChI is InChI=1S/C16H14ClN3O/c1-9-10(2)19-14-4-3-11(7-13(9)14)16(21)20-12-5-6-18-15(17)8-12/h3-8,19H,1-2H3,(H,18,20,21). The number of rotatable bonds is 2. The number of nitrogens with zero attached hydrogens (tertiary/aromatic N) is 1. The lowest BCUT2D eigenvalue weighted by molar-refractivity contribution is 0.102. The van der Waals surface area contributed by atoms with Crippen molar-refractivity contribution in [1.82, 2.24) is 9.97 Å². The van der Waals surface area contributed by atoms with Gasteiger partial charge in [0.15, 0.2) is 0 Å². The molecule has 0 unspecified atom stereocenters. The Hall–Kier alpha value is -2.33. The third-order valence-electron chi connectivity index (χ3n) is 3.55. The summed E-state index contributed by atoms with van der Waals surface area (Å²) >= 11 is 5.81. The van der Waals surface area contributed by atoms with Crippen LogP contribution in [0.3, 0.4) is 0 Å². The van der Waals surface area contributed by atoms with Crippen LogP contribution in [-0.4, -0.2) is 15.9 Å². The highest BCUT2D eigenvalue weighted by molar-refractivity contribution is 6.29. The van der Waals surface area contributed by atoms with Crippen molar-refractivity contribution in [3.63, 3.8) is 0 Å². The molecule has 3 aromatic rings. The van der Waals surface area contributed by atoms with Gasteiger partial charge in [0.25, 0.3) is 5.91 Å². The highest BCUT2D eigenvalue weighted by Gasteiger charge is 2.10. The lowest BCUT2D eigenvalue weighted by Gasteiger charge is -2.05.